The minimum atomic E-state index is -4.64. The topological polar surface area (TPSA) is 87.0 Å². The van der Waals surface area contributed by atoms with E-state index in [9.17, 15) is 0 Å². The first-order valence-electron chi connectivity index (χ1n) is 5.77. The van der Waals surface area contributed by atoms with Crippen molar-refractivity contribution in [1.82, 2.24) is 0 Å². The Hall–Kier alpha value is 1.71. The second-order valence-electron chi connectivity index (χ2n) is 3.54. The van der Waals surface area contributed by atoms with Gasteiger partial charge in [-0.2, -0.15) is 0 Å². The van der Waals surface area contributed by atoms with Crippen LogP contribution >= 0.6 is 7.82 Å². The van der Waals surface area contributed by atoms with Crippen molar-refractivity contribution in [3.8, 4) is 0 Å². The number of ether oxygens (including phenoxy) is 1. The molecule has 0 aliphatic rings. The predicted octanol–water partition coefficient (Wildman–Crippen LogP) is 1.81. The molecule has 0 aromatic heterocycles. The van der Waals surface area contributed by atoms with Crippen LogP contribution in [0, 0.1) is 0 Å². The van der Waals surface area contributed by atoms with Crippen LogP contribution in [0.1, 0.15) is 52.4 Å². The molecule has 0 aliphatic carbocycles. The average Bonchev–Trinajstić information content (AvgIpc) is 2.14. The summed E-state index contributed by atoms with van der Waals surface area (Å²) >= 11 is 0. The monoisotopic (exact) mass is 296 g/mol. The Morgan fingerprint density at radius 2 is 1.18 bits per heavy atom. The molecular formula is C10H26KO5P. The van der Waals surface area contributed by atoms with Crippen molar-refractivity contribution in [3.63, 3.8) is 0 Å². The first-order chi connectivity index (χ1) is 7.41. The summed E-state index contributed by atoms with van der Waals surface area (Å²) in [5.74, 6) is 0. The summed E-state index contributed by atoms with van der Waals surface area (Å²) in [7, 11) is -4.64. The van der Waals surface area contributed by atoms with Crippen LogP contribution in [0.15, 0.2) is 0 Å². The second-order valence-corrected chi connectivity index (χ2v) is 4.57. The fraction of sp³-hybridized carbons (Fsp3) is 1.00. The van der Waals surface area contributed by atoms with Crippen molar-refractivity contribution in [2.45, 2.75) is 52.4 Å². The van der Waals surface area contributed by atoms with Crippen molar-refractivity contribution >= 4 is 59.2 Å². The number of rotatable bonds is 8. The fourth-order valence-corrected chi connectivity index (χ4v) is 1.01. The van der Waals surface area contributed by atoms with Gasteiger partial charge in [0, 0.05) is 13.2 Å². The molecular weight excluding hydrogens is 270 g/mol. The zero-order valence-corrected chi connectivity index (χ0v) is 11.2. The molecule has 0 heterocycles. The summed E-state index contributed by atoms with van der Waals surface area (Å²) in [6, 6.07) is 0. The van der Waals surface area contributed by atoms with Crippen LogP contribution in [0.4, 0.5) is 0 Å². The van der Waals surface area contributed by atoms with Gasteiger partial charge in [-0.05, 0) is 12.8 Å². The summed E-state index contributed by atoms with van der Waals surface area (Å²) in [6.07, 6.45) is 7.68. The van der Waals surface area contributed by atoms with Gasteiger partial charge in [0.1, 0.15) is 0 Å². The van der Waals surface area contributed by atoms with E-state index < -0.39 is 7.82 Å². The molecule has 0 unspecified atom stereocenters. The first-order valence-corrected chi connectivity index (χ1v) is 7.34. The zero-order valence-electron chi connectivity index (χ0n) is 10.3. The molecule has 3 N–H and O–H groups in total. The number of hydrogen-bond acceptors (Lipinski definition) is 2. The van der Waals surface area contributed by atoms with Crippen LogP contribution < -0.4 is 0 Å². The van der Waals surface area contributed by atoms with E-state index in [1.807, 2.05) is 0 Å². The van der Waals surface area contributed by atoms with E-state index in [0.717, 1.165) is 13.2 Å². The molecule has 0 fully saturated rings. The van der Waals surface area contributed by atoms with E-state index in [2.05, 4.69) is 13.8 Å². The van der Waals surface area contributed by atoms with Crippen molar-refractivity contribution in [1.29, 1.82) is 0 Å². The number of hydrogen-bond donors (Lipinski definition) is 3. The van der Waals surface area contributed by atoms with Gasteiger partial charge < -0.3 is 19.4 Å². The van der Waals surface area contributed by atoms with Crippen molar-refractivity contribution in [3.05, 3.63) is 0 Å². The molecule has 0 atom stereocenters. The van der Waals surface area contributed by atoms with E-state index >= 15 is 0 Å². The molecule has 5 nitrogen and oxygen atoms in total. The zero-order chi connectivity index (χ0) is 12.9. The molecule has 17 heavy (non-hydrogen) atoms. The van der Waals surface area contributed by atoms with Crippen LogP contribution in [0.2, 0.25) is 0 Å². The third kappa shape index (κ3) is 46.4. The molecule has 7 heteroatoms. The van der Waals surface area contributed by atoms with Gasteiger partial charge in [-0.1, -0.05) is 39.5 Å². The normalized spacial score (nSPS) is 10.2. The average molecular weight is 296 g/mol. The maximum atomic E-state index is 8.88. The van der Waals surface area contributed by atoms with Gasteiger partial charge in [-0.25, -0.2) is 4.57 Å². The molecule has 0 aromatic rings. The Morgan fingerprint density at radius 1 is 0.882 bits per heavy atom. The van der Waals surface area contributed by atoms with Gasteiger partial charge in [0.05, 0.1) is 0 Å². The quantitative estimate of drug-likeness (QED) is 0.361. The second kappa shape index (κ2) is 17.7. The molecule has 0 aliphatic heterocycles. The van der Waals surface area contributed by atoms with Gasteiger partial charge >= 0.3 is 59.2 Å². The molecule has 0 bridgehead atoms. The van der Waals surface area contributed by atoms with Gasteiger partial charge in [0.25, 0.3) is 0 Å². The van der Waals surface area contributed by atoms with E-state index in [-0.39, 0.29) is 51.4 Å². The Kier molecular flexibility index (Phi) is 24.8. The summed E-state index contributed by atoms with van der Waals surface area (Å²) in [6.45, 7) is 6.38. The molecule has 0 amide bonds. The van der Waals surface area contributed by atoms with Gasteiger partial charge in [0.15, 0.2) is 0 Å². The van der Waals surface area contributed by atoms with Crippen molar-refractivity contribution in [2.24, 2.45) is 0 Å². The van der Waals surface area contributed by atoms with Gasteiger partial charge in [-0.3, -0.25) is 0 Å². The third-order valence-electron chi connectivity index (χ3n) is 1.78. The van der Waals surface area contributed by atoms with E-state index in [4.69, 9.17) is 24.0 Å². The summed E-state index contributed by atoms with van der Waals surface area (Å²) in [5, 5.41) is 0. The van der Waals surface area contributed by atoms with E-state index in [1.165, 1.54) is 38.5 Å². The standard InChI is InChI=1S/C10H22O.K.H3O4P.H/c1-3-5-7-9-11-10-8-6-4-2;;1-5(2,3)4;/h3-10H2,1-2H3;;(H3,1,2,3,4);. The molecule has 0 spiro atoms. The number of unbranched alkanes of at least 4 members (excludes halogenated alkanes) is 4. The SMILES string of the molecule is CCCCCOCCCCC.O=P(O)(O)O.[KH]. The minimum absolute atomic E-state index is 0. The molecule has 0 saturated heterocycles. The molecule has 102 valence electrons. The van der Waals surface area contributed by atoms with E-state index in [1.54, 1.807) is 0 Å². The van der Waals surface area contributed by atoms with Gasteiger partial charge in [0.2, 0.25) is 0 Å². The van der Waals surface area contributed by atoms with Gasteiger partial charge in [-0.15, -0.1) is 0 Å². The van der Waals surface area contributed by atoms with Crippen molar-refractivity contribution in [2.75, 3.05) is 13.2 Å². The molecule has 0 saturated carbocycles. The summed E-state index contributed by atoms with van der Waals surface area (Å²) in [4.78, 5) is 21.6. The Balaban J connectivity index is -0.000000280. The van der Waals surface area contributed by atoms with Crippen LogP contribution in [0.3, 0.4) is 0 Å². The molecule has 0 radical (unpaired) electrons. The Morgan fingerprint density at radius 3 is 1.41 bits per heavy atom. The predicted molar refractivity (Wildman–Crippen MR) is 71.3 cm³/mol. The maximum absolute atomic E-state index is 8.88. The summed E-state index contributed by atoms with van der Waals surface area (Å²) in [5.41, 5.74) is 0. The third-order valence-corrected chi connectivity index (χ3v) is 1.78. The Labute approximate surface area is 147 Å². The van der Waals surface area contributed by atoms with Crippen LogP contribution in [-0.4, -0.2) is 79.3 Å². The Bertz CT molecular complexity index is 158. The fourth-order valence-electron chi connectivity index (χ4n) is 1.01. The molecule has 0 rings (SSSR count). The van der Waals surface area contributed by atoms with Crippen LogP contribution in [0.25, 0.3) is 0 Å². The van der Waals surface area contributed by atoms with E-state index in [0.29, 0.717) is 0 Å². The van der Waals surface area contributed by atoms with Crippen LogP contribution in [-0.2, 0) is 9.30 Å². The van der Waals surface area contributed by atoms with Crippen molar-refractivity contribution < 1.29 is 24.0 Å². The first kappa shape index (κ1) is 23.8. The summed E-state index contributed by atoms with van der Waals surface area (Å²) < 4.78 is 14.3. The number of phosphoric acid groups is 1. The van der Waals surface area contributed by atoms with Crippen LogP contribution in [0.5, 0.6) is 0 Å². The molecule has 0 aromatic carbocycles.